The van der Waals surface area contributed by atoms with Crippen LogP contribution < -0.4 is 4.90 Å². The van der Waals surface area contributed by atoms with E-state index in [1.165, 1.54) is 16.8 Å². The van der Waals surface area contributed by atoms with E-state index in [9.17, 15) is 13.2 Å². The number of hydrogen-bond acceptors (Lipinski definition) is 3. The number of benzene rings is 2. The summed E-state index contributed by atoms with van der Waals surface area (Å²) in [6, 6.07) is 13.1. The first-order chi connectivity index (χ1) is 13.0. The molecule has 1 amide bonds. The van der Waals surface area contributed by atoms with Crippen molar-refractivity contribution in [2.75, 3.05) is 18.5 Å². The van der Waals surface area contributed by atoms with Gasteiger partial charge in [0.15, 0.2) is 0 Å². The normalized spacial score (nSPS) is 14.4. The minimum absolute atomic E-state index is 0.0230. The van der Waals surface area contributed by atoms with Crippen molar-refractivity contribution in [3.05, 3.63) is 59.2 Å². The minimum atomic E-state index is -3.61. The quantitative estimate of drug-likeness (QED) is 0.786. The standard InChI is InChI=1S/C22H28N2O3S/c1-16(25)24-13-12-18-14-20(10-11-21(18)24)28(26,27)23(5)15-17-6-8-19(9-7-17)22(2,3)4/h6-11,14H,12-13,15H2,1-5H3. The first kappa shape index (κ1) is 20.6. The van der Waals surface area contributed by atoms with Gasteiger partial charge >= 0.3 is 0 Å². The molecule has 1 aliphatic heterocycles. The lowest BCUT2D eigenvalue weighted by Crippen LogP contribution is -2.27. The van der Waals surface area contributed by atoms with Crippen LogP contribution in [-0.4, -0.2) is 32.2 Å². The van der Waals surface area contributed by atoms with Crippen LogP contribution in [0.4, 0.5) is 5.69 Å². The maximum absolute atomic E-state index is 13.0. The van der Waals surface area contributed by atoms with Gasteiger partial charge in [-0.25, -0.2) is 8.42 Å². The van der Waals surface area contributed by atoms with Crippen molar-refractivity contribution in [3.63, 3.8) is 0 Å². The van der Waals surface area contributed by atoms with Gasteiger partial charge in [-0.3, -0.25) is 4.79 Å². The van der Waals surface area contributed by atoms with Crippen LogP contribution in [0.3, 0.4) is 0 Å². The number of amides is 1. The number of hydrogen-bond donors (Lipinski definition) is 0. The highest BCUT2D eigenvalue weighted by Crippen LogP contribution is 2.31. The molecule has 0 fully saturated rings. The zero-order chi connectivity index (χ0) is 20.7. The Labute approximate surface area is 168 Å². The zero-order valence-electron chi connectivity index (χ0n) is 17.2. The molecule has 2 aromatic rings. The average Bonchev–Trinajstić information content (AvgIpc) is 3.04. The van der Waals surface area contributed by atoms with E-state index < -0.39 is 10.0 Å². The van der Waals surface area contributed by atoms with Crippen molar-refractivity contribution >= 4 is 21.6 Å². The number of anilines is 1. The number of rotatable bonds is 4. The van der Waals surface area contributed by atoms with Gasteiger partial charge < -0.3 is 4.90 Å². The second-order valence-corrected chi connectivity index (χ2v) is 10.5. The summed E-state index contributed by atoms with van der Waals surface area (Å²) in [6.07, 6.45) is 0.677. The predicted octanol–water partition coefficient (Wildman–Crippen LogP) is 3.71. The molecular formula is C22H28N2O3S. The summed E-state index contributed by atoms with van der Waals surface area (Å²) >= 11 is 0. The second kappa shape index (κ2) is 7.33. The fourth-order valence-electron chi connectivity index (χ4n) is 3.50. The van der Waals surface area contributed by atoms with Crippen molar-refractivity contribution in [2.45, 2.75) is 51.0 Å². The van der Waals surface area contributed by atoms with E-state index in [1.807, 2.05) is 12.1 Å². The largest absolute Gasteiger partial charge is 0.312 e. The van der Waals surface area contributed by atoms with Crippen LogP contribution in [0.5, 0.6) is 0 Å². The molecule has 5 nitrogen and oxygen atoms in total. The molecule has 0 atom stereocenters. The topological polar surface area (TPSA) is 57.7 Å². The van der Waals surface area contributed by atoms with Gasteiger partial charge in [0.2, 0.25) is 15.9 Å². The van der Waals surface area contributed by atoms with Gasteiger partial charge in [0.1, 0.15) is 0 Å². The van der Waals surface area contributed by atoms with Gasteiger partial charge in [-0.15, -0.1) is 0 Å². The molecule has 150 valence electrons. The highest BCUT2D eigenvalue weighted by Gasteiger charge is 2.27. The average molecular weight is 401 g/mol. The van der Waals surface area contributed by atoms with Gasteiger partial charge in [-0.1, -0.05) is 45.0 Å². The third-order valence-electron chi connectivity index (χ3n) is 5.26. The van der Waals surface area contributed by atoms with Crippen molar-refractivity contribution < 1.29 is 13.2 Å². The molecule has 0 N–H and O–H groups in total. The Bertz CT molecular complexity index is 989. The number of fused-ring (bicyclic) bond motifs is 1. The van der Waals surface area contributed by atoms with Gasteiger partial charge in [0.05, 0.1) is 4.90 Å². The van der Waals surface area contributed by atoms with Crippen LogP contribution in [0.1, 0.15) is 44.4 Å². The fourth-order valence-corrected chi connectivity index (χ4v) is 4.71. The van der Waals surface area contributed by atoms with Crippen LogP contribution >= 0.6 is 0 Å². The lowest BCUT2D eigenvalue weighted by molar-refractivity contribution is -0.116. The smallest absolute Gasteiger partial charge is 0.243 e. The molecular weight excluding hydrogens is 372 g/mol. The Hall–Kier alpha value is -2.18. The van der Waals surface area contributed by atoms with E-state index in [4.69, 9.17) is 0 Å². The summed E-state index contributed by atoms with van der Waals surface area (Å²) in [7, 11) is -2.01. The minimum Gasteiger partial charge on any atom is -0.312 e. The summed E-state index contributed by atoms with van der Waals surface area (Å²) in [5.41, 5.74) is 3.94. The molecule has 28 heavy (non-hydrogen) atoms. The number of carbonyl (C=O) groups is 1. The van der Waals surface area contributed by atoms with E-state index in [0.717, 1.165) is 16.8 Å². The zero-order valence-corrected chi connectivity index (χ0v) is 18.0. The molecule has 0 spiro atoms. The first-order valence-electron chi connectivity index (χ1n) is 9.47. The van der Waals surface area contributed by atoms with Gasteiger partial charge in [0.25, 0.3) is 0 Å². The third-order valence-corrected chi connectivity index (χ3v) is 7.06. The van der Waals surface area contributed by atoms with E-state index in [0.29, 0.717) is 19.5 Å². The number of nitrogens with zero attached hydrogens (tertiary/aromatic N) is 2. The van der Waals surface area contributed by atoms with Crippen LogP contribution in [0.15, 0.2) is 47.4 Å². The predicted molar refractivity (Wildman–Crippen MR) is 112 cm³/mol. The van der Waals surface area contributed by atoms with E-state index >= 15 is 0 Å². The monoisotopic (exact) mass is 400 g/mol. The molecule has 0 aliphatic carbocycles. The van der Waals surface area contributed by atoms with Crippen molar-refractivity contribution in [1.29, 1.82) is 0 Å². The molecule has 0 saturated carbocycles. The Morgan fingerprint density at radius 3 is 2.32 bits per heavy atom. The van der Waals surface area contributed by atoms with Gasteiger partial charge in [0, 0.05) is 32.7 Å². The van der Waals surface area contributed by atoms with E-state index in [2.05, 4.69) is 32.9 Å². The van der Waals surface area contributed by atoms with Crippen LogP contribution in [0.2, 0.25) is 0 Å². The SMILES string of the molecule is CC(=O)N1CCc2cc(S(=O)(=O)N(C)Cc3ccc(C(C)(C)C)cc3)ccc21. The van der Waals surface area contributed by atoms with Crippen molar-refractivity contribution in [2.24, 2.45) is 0 Å². The van der Waals surface area contributed by atoms with Crippen LogP contribution in [0.25, 0.3) is 0 Å². The molecule has 6 heteroatoms. The maximum Gasteiger partial charge on any atom is 0.243 e. The summed E-state index contributed by atoms with van der Waals surface area (Å²) in [6.45, 7) is 8.89. The highest BCUT2D eigenvalue weighted by molar-refractivity contribution is 7.89. The lowest BCUT2D eigenvalue weighted by atomic mass is 9.87. The molecule has 1 aliphatic rings. The lowest BCUT2D eigenvalue weighted by Gasteiger charge is -2.21. The molecule has 0 radical (unpaired) electrons. The first-order valence-corrected chi connectivity index (χ1v) is 10.9. The maximum atomic E-state index is 13.0. The van der Waals surface area contributed by atoms with E-state index in [-0.39, 0.29) is 16.2 Å². The molecule has 0 aromatic heterocycles. The highest BCUT2D eigenvalue weighted by atomic mass is 32.2. The fraction of sp³-hybridized carbons (Fsp3) is 0.409. The molecule has 1 heterocycles. The van der Waals surface area contributed by atoms with E-state index in [1.54, 1.807) is 30.1 Å². The molecule has 3 rings (SSSR count). The Balaban J connectivity index is 1.80. The molecule has 0 unspecified atom stereocenters. The summed E-state index contributed by atoms with van der Waals surface area (Å²) in [5.74, 6) is -0.0230. The van der Waals surface area contributed by atoms with Crippen LogP contribution in [-0.2, 0) is 33.2 Å². The van der Waals surface area contributed by atoms with Gasteiger partial charge in [-0.05, 0) is 46.7 Å². The Morgan fingerprint density at radius 1 is 1.11 bits per heavy atom. The molecule has 2 aromatic carbocycles. The number of carbonyl (C=O) groups excluding carboxylic acids is 1. The van der Waals surface area contributed by atoms with Crippen molar-refractivity contribution in [1.82, 2.24) is 4.31 Å². The van der Waals surface area contributed by atoms with Gasteiger partial charge in [-0.2, -0.15) is 4.31 Å². The second-order valence-electron chi connectivity index (χ2n) is 8.42. The third kappa shape index (κ3) is 3.98. The summed E-state index contributed by atoms with van der Waals surface area (Å²) in [4.78, 5) is 13.6. The molecule has 0 bridgehead atoms. The summed E-state index contributed by atoms with van der Waals surface area (Å²) < 4.78 is 27.4. The molecule has 0 saturated heterocycles. The summed E-state index contributed by atoms with van der Waals surface area (Å²) in [5, 5.41) is 0. The van der Waals surface area contributed by atoms with Crippen molar-refractivity contribution in [3.8, 4) is 0 Å². The Morgan fingerprint density at radius 2 is 1.75 bits per heavy atom. The number of sulfonamides is 1. The Kier molecular flexibility index (Phi) is 5.38. The van der Waals surface area contributed by atoms with Crippen LogP contribution in [0, 0.1) is 0 Å².